The van der Waals surface area contributed by atoms with Crippen LogP contribution in [0.15, 0.2) is 71.5 Å². The highest BCUT2D eigenvalue weighted by molar-refractivity contribution is 6.31. The van der Waals surface area contributed by atoms with Gasteiger partial charge in [-0.15, -0.1) is 0 Å². The summed E-state index contributed by atoms with van der Waals surface area (Å²) in [7, 11) is 0. The van der Waals surface area contributed by atoms with Crippen molar-refractivity contribution in [3.63, 3.8) is 0 Å². The van der Waals surface area contributed by atoms with E-state index >= 15 is 0 Å². The molecular weight excluding hydrogens is 435 g/mol. The largest absolute Gasteiger partial charge is 0.336 e. The minimum atomic E-state index is -0.229. The summed E-state index contributed by atoms with van der Waals surface area (Å²) >= 11 is 12.2. The lowest BCUT2D eigenvalue weighted by atomic mass is 10.1. The van der Waals surface area contributed by atoms with Crippen LogP contribution in [-0.4, -0.2) is 28.7 Å². The second-order valence-electron chi connectivity index (χ2n) is 7.14. The molecule has 2 amide bonds. The maximum absolute atomic E-state index is 13.4. The standard InChI is InChI=1S/C23H16Cl2N4O2/c24-15-3-8-18(9-4-15)29-21(27-20-10-5-16(25)13-19(20)22(29)30)14-1-6-17(7-2-14)28-12-11-26-23(28)31/h1-10,13H,11-12H2,(H,26,31). The van der Waals surface area contributed by atoms with Gasteiger partial charge in [-0.2, -0.15) is 0 Å². The van der Waals surface area contributed by atoms with E-state index in [1.54, 1.807) is 51.9 Å². The molecule has 4 aromatic rings. The second-order valence-corrected chi connectivity index (χ2v) is 8.02. The van der Waals surface area contributed by atoms with Crippen LogP contribution < -0.4 is 15.8 Å². The van der Waals surface area contributed by atoms with E-state index in [2.05, 4.69) is 5.32 Å². The van der Waals surface area contributed by atoms with Gasteiger partial charge in [0.05, 0.1) is 16.6 Å². The lowest BCUT2D eigenvalue weighted by Gasteiger charge is -2.17. The van der Waals surface area contributed by atoms with Gasteiger partial charge in [0.25, 0.3) is 5.56 Å². The Kier molecular flexibility index (Phi) is 4.88. The summed E-state index contributed by atoms with van der Waals surface area (Å²) < 4.78 is 1.55. The molecule has 154 valence electrons. The number of halogens is 2. The molecule has 0 aliphatic carbocycles. The van der Waals surface area contributed by atoms with Gasteiger partial charge in [0, 0.05) is 34.4 Å². The number of aromatic nitrogens is 2. The van der Waals surface area contributed by atoms with Crippen LogP contribution in [0.2, 0.25) is 10.0 Å². The Labute approximate surface area is 187 Å². The summed E-state index contributed by atoms with van der Waals surface area (Å²) in [5, 5.41) is 4.26. The number of amides is 2. The van der Waals surface area contributed by atoms with Crippen LogP contribution in [0.25, 0.3) is 28.0 Å². The van der Waals surface area contributed by atoms with Crippen LogP contribution in [0.3, 0.4) is 0 Å². The van der Waals surface area contributed by atoms with Crippen molar-refractivity contribution in [3.8, 4) is 17.1 Å². The number of benzene rings is 3. The van der Waals surface area contributed by atoms with Crippen molar-refractivity contribution in [2.24, 2.45) is 0 Å². The maximum atomic E-state index is 13.4. The van der Waals surface area contributed by atoms with E-state index in [9.17, 15) is 9.59 Å². The van der Waals surface area contributed by atoms with E-state index in [0.717, 1.165) is 11.3 Å². The van der Waals surface area contributed by atoms with Crippen LogP contribution in [0, 0.1) is 0 Å². The molecule has 6 nitrogen and oxygen atoms in total. The fourth-order valence-corrected chi connectivity index (χ4v) is 3.99. The van der Waals surface area contributed by atoms with Crippen LogP contribution >= 0.6 is 23.2 Å². The summed E-state index contributed by atoms with van der Waals surface area (Å²) in [6.07, 6.45) is 0. The van der Waals surface area contributed by atoms with Gasteiger partial charge in [-0.3, -0.25) is 14.3 Å². The summed E-state index contributed by atoms with van der Waals surface area (Å²) in [5.41, 5.74) is 2.49. The minimum Gasteiger partial charge on any atom is -0.336 e. The van der Waals surface area contributed by atoms with E-state index in [1.807, 2.05) is 24.3 Å². The first-order valence-corrected chi connectivity index (χ1v) is 10.4. The van der Waals surface area contributed by atoms with E-state index in [0.29, 0.717) is 45.5 Å². The van der Waals surface area contributed by atoms with Crippen molar-refractivity contribution >= 4 is 45.8 Å². The van der Waals surface area contributed by atoms with Gasteiger partial charge < -0.3 is 5.32 Å². The average Bonchev–Trinajstić information content (AvgIpc) is 3.21. The van der Waals surface area contributed by atoms with Gasteiger partial charge in [-0.1, -0.05) is 23.2 Å². The third-order valence-corrected chi connectivity index (χ3v) is 5.70. The van der Waals surface area contributed by atoms with Gasteiger partial charge in [-0.05, 0) is 66.7 Å². The Bertz CT molecular complexity index is 1370. The molecule has 8 heteroatoms. The predicted molar refractivity (Wildman–Crippen MR) is 124 cm³/mol. The van der Waals surface area contributed by atoms with Gasteiger partial charge in [-0.25, -0.2) is 9.78 Å². The maximum Gasteiger partial charge on any atom is 0.321 e. The third kappa shape index (κ3) is 3.54. The second kappa shape index (κ2) is 7.72. The van der Waals surface area contributed by atoms with Crippen molar-refractivity contribution in [2.45, 2.75) is 0 Å². The zero-order chi connectivity index (χ0) is 21.5. The van der Waals surface area contributed by atoms with Crippen molar-refractivity contribution < 1.29 is 4.79 Å². The molecule has 1 aromatic heterocycles. The first-order valence-electron chi connectivity index (χ1n) is 9.65. The Hall–Kier alpha value is -3.35. The van der Waals surface area contributed by atoms with Crippen LogP contribution in [0.1, 0.15) is 0 Å². The third-order valence-electron chi connectivity index (χ3n) is 5.21. The SMILES string of the molecule is O=C1NCCN1c1ccc(-c2nc3ccc(Cl)cc3c(=O)n2-c2ccc(Cl)cc2)cc1. The number of rotatable bonds is 3. The fourth-order valence-electron chi connectivity index (χ4n) is 3.69. The van der Waals surface area contributed by atoms with E-state index in [1.165, 1.54) is 0 Å². The monoisotopic (exact) mass is 450 g/mol. The molecule has 0 unspecified atom stereocenters. The molecule has 2 heterocycles. The summed E-state index contributed by atoms with van der Waals surface area (Å²) in [5.74, 6) is 0.486. The molecule has 1 fully saturated rings. The number of nitrogens with zero attached hydrogens (tertiary/aromatic N) is 3. The topological polar surface area (TPSA) is 67.2 Å². The normalized spacial score (nSPS) is 13.6. The lowest BCUT2D eigenvalue weighted by Crippen LogP contribution is -2.27. The number of carbonyl (C=O) groups is 1. The number of nitrogens with one attached hydrogen (secondary N) is 1. The van der Waals surface area contributed by atoms with Crippen molar-refractivity contribution in [1.29, 1.82) is 0 Å². The van der Waals surface area contributed by atoms with Crippen molar-refractivity contribution in [3.05, 3.63) is 87.1 Å². The molecule has 0 saturated carbocycles. The zero-order valence-electron chi connectivity index (χ0n) is 16.2. The molecule has 0 bridgehead atoms. The van der Waals surface area contributed by atoms with Crippen LogP contribution in [0.4, 0.5) is 10.5 Å². The summed E-state index contributed by atoms with van der Waals surface area (Å²) in [6, 6.07) is 19.4. The number of carbonyl (C=O) groups excluding carboxylic acids is 1. The highest BCUT2D eigenvalue weighted by Gasteiger charge is 2.21. The van der Waals surface area contributed by atoms with Crippen molar-refractivity contribution in [2.75, 3.05) is 18.0 Å². The molecule has 0 radical (unpaired) electrons. The number of fused-ring (bicyclic) bond motifs is 1. The number of hydrogen-bond acceptors (Lipinski definition) is 3. The first-order chi connectivity index (χ1) is 15.0. The Morgan fingerprint density at radius 3 is 2.19 bits per heavy atom. The van der Waals surface area contributed by atoms with Crippen LogP contribution in [0.5, 0.6) is 0 Å². The number of anilines is 1. The van der Waals surface area contributed by atoms with Gasteiger partial charge in [0.1, 0.15) is 5.82 Å². The van der Waals surface area contributed by atoms with E-state index < -0.39 is 0 Å². The molecule has 31 heavy (non-hydrogen) atoms. The van der Waals surface area contributed by atoms with E-state index in [-0.39, 0.29) is 11.6 Å². The minimum absolute atomic E-state index is 0.119. The fraction of sp³-hybridized carbons (Fsp3) is 0.0870. The molecule has 1 N–H and O–H groups in total. The first kappa shape index (κ1) is 19.6. The molecule has 1 saturated heterocycles. The van der Waals surface area contributed by atoms with Crippen molar-refractivity contribution in [1.82, 2.24) is 14.9 Å². The number of urea groups is 1. The van der Waals surface area contributed by atoms with Crippen LogP contribution in [-0.2, 0) is 0 Å². The molecule has 5 rings (SSSR count). The molecular formula is C23H16Cl2N4O2. The Morgan fingerprint density at radius 1 is 0.839 bits per heavy atom. The molecule has 0 spiro atoms. The number of hydrogen-bond donors (Lipinski definition) is 1. The van der Waals surface area contributed by atoms with Gasteiger partial charge in [0.2, 0.25) is 0 Å². The predicted octanol–water partition coefficient (Wildman–Crippen LogP) is 4.89. The molecule has 3 aromatic carbocycles. The Morgan fingerprint density at radius 2 is 1.52 bits per heavy atom. The zero-order valence-corrected chi connectivity index (χ0v) is 17.7. The average molecular weight is 451 g/mol. The summed E-state index contributed by atoms with van der Waals surface area (Å²) in [4.78, 5) is 31.8. The lowest BCUT2D eigenvalue weighted by molar-refractivity contribution is 0.252. The Balaban J connectivity index is 1.71. The quantitative estimate of drug-likeness (QED) is 0.483. The van der Waals surface area contributed by atoms with Gasteiger partial charge in [0.15, 0.2) is 0 Å². The molecule has 0 atom stereocenters. The van der Waals surface area contributed by atoms with Gasteiger partial charge >= 0.3 is 6.03 Å². The molecule has 1 aliphatic heterocycles. The van der Waals surface area contributed by atoms with E-state index in [4.69, 9.17) is 28.2 Å². The highest BCUT2D eigenvalue weighted by Crippen LogP contribution is 2.27. The summed E-state index contributed by atoms with van der Waals surface area (Å²) in [6.45, 7) is 1.23. The highest BCUT2D eigenvalue weighted by atomic mass is 35.5. The smallest absolute Gasteiger partial charge is 0.321 e. The molecule has 1 aliphatic rings.